The molecule has 1 aromatic heterocycles. The Labute approximate surface area is 96.0 Å². The molecule has 0 spiro atoms. The quantitative estimate of drug-likeness (QED) is 0.757. The molecule has 1 N–H and O–H groups in total. The highest BCUT2D eigenvalue weighted by molar-refractivity contribution is 5.26. The van der Waals surface area contributed by atoms with Gasteiger partial charge in [-0.05, 0) is 32.9 Å². The molecule has 0 atom stereocenters. The maximum absolute atomic E-state index is 13.0. The number of ether oxygens (including phenoxy) is 1. The van der Waals surface area contributed by atoms with Crippen LogP contribution in [0.1, 0.15) is 32.8 Å². The minimum atomic E-state index is -0.329. The van der Waals surface area contributed by atoms with Gasteiger partial charge in [0, 0.05) is 12.1 Å². The summed E-state index contributed by atoms with van der Waals surface area (Å²) in [6, 6.07) is 1.47. The van der Waals surface area contributed by atoms with Crippen LogP contribution in [0.4, 0.5) is 4.39 Å². The van der Waals surface area contributed by atoms with E-state index < -0.39 is 0 Å². The molecule has 0 radical (unpaired) electrons. The van der Waals surface area contributed by atoms with Crippen molar-refractivity contribution in [3.8, 4) is 5.88 Å². The van der Waals surface area contributed by atoms with Crippen molar-refractivity contribution in [3.63, 3.8) is 0 Å². The summed E-state index contributed by atoms with van der Waals surface area (Å²) in [5, 5.41) is 3.21. The highest BCUT2D eigenvalue weighted by Crippen LogP contribution is 2.17. The zero-order chi connectivity index (χ0) is 12.0. The number of nitrogens with zero attached hydrogens (tertiary/aromatic N) is 1. The second-order valence-electron chi connectivity index (χ2n) is 3.96. The van der Waals surface area contributed by atoms with Crippen LogP contribution >= 0.6 is 0 Å². The number of pyridine rings is 1. The van der Waals surface area contributed by atoms with Crippen molar-refractivity contribution in [2.45, 2.75) is 39.8 Å². The van der Waals surface area contributed by atoms with Crippen molar-refractivity contribution in [3.05, 3.63) is 23.6 Å². The molecule has 1 heterocycles. The standard InChI is InChI=1S/C12H19FN2O/c1-4-5-14-7-10-6-11(13)8-15-12(10)16-9(2)3/h6,8-9,14H,4-5,7H2,1-3H3. The van der Waals surface area contributed by atoms with Crippen LogP contribution in [0.15, 0.2) is 12.3 Å². The van der Waals surface area contributed by atoms with Crippen LogP contribution in [0.2, 0.25) is 0 Å². The maximum atomic E-state index is 13.0. The highest BCUT2D eigenvalue weighted by atomic mass is 19.1. The summed E-state index contributed by atoms with van der Waals surface area (Å²) in [6.45, 7) is 7.42. The molecule has 0 unspecified atom stereocenters. The van der Waals surface area contributed by atoms with Crippen LogP contribution in [0.5, 0.6) is 5.88 Å². The Morgan fingerprint density at radius 1 is 1.50 bits per heavy atom. The van der Waals surface area contributed by atoms with Gasteiger partial charge in [-0.1, -0.05) is 6.92 Å². The first-order valence-electron chi connectivity index (χ1n) is 5.65. The molecule has 3 nitrogen and oxygen atoms in total. The molecule has 0 aliphatic carbocycles. The summed E-state index contributed by atoms with van der Waals surface area (Å²) in [5.74, 6) is 0.185. The Balaban J connectivity index is 2.73. The minimum absolute atomic E-state index is 0.0443. The third-order valence-corrected chi connectivity index (χ3v) is 1.98. The lowest BCUT2D eigenvalue weighted by molar-refractivity contribution is 0.229. The molecule has 0 amide bonds. The van der Waals surface area contributed by atoms with E-state index in [1.807, 2.05) is 13.8 Å². The van der Waals surface area contributed by atoms with Crippen molar-refractivity contribution in [2.75, 3.05) is 6.54 Å². The Morgan fingerprint density at radius 2 is 2.25 bits per heavy atom. The van der Waals surface area contributed by atoms with Gasteiger partial charge in [0.05, 0.1) is 12.3 Å². The summed E-state index contributed by atoms with van der Waals surface area (Å²) in [4.78, 5) is 3.96. The summed E-state index contributed by atoms with van der Waals surface area (Å²) >= 11 is 0. The Hall–Kier alpha value is -1.16. The van der Waals surface area contributed by atoms with Crippen LogP contribution in [-0.4, -0.2) is 17.6 Å². The average Bonchev–Trinajstić information content (AvgIpc) is 2.22. The highest BCUT2D eigenvalue weighted by Gasteiger charge is 2.08. The van der Waals surface area contributed by atoms with E-state index >= 15 is 0 Å². The minimum Gasteiger partial charge on any atom is -0.475 e. The van der Waals surface area contributed by atoms with Gasteiger partial charge >= 0.3 is 0 Å². The molecule has 1 rings (SSSR count). The van der Waals surface area contributed by atoms with Gasteiger partial charge in [0.15, 0.2) is 0 Å². The molecule has 0 aromatic carbocycles. The van der Waals surface area contributed by atoms with Gasteiger partial charge in [0.1, 0.15) is 5.82 Å². The van der Waals surface area contributed by atoms with Crippen LogP contribution in [0.25, 0.3) is 0 Å². The van der Waals surface area contributed by atoms with E-state index in [2.05, 4.69) is 17.2 Å². The molecular formula is C12H19FN2O. The van der Waals surface area contributed by atoms with Crippen molar-refractivity contribution in [1.82, 2.24) is 10.3 Å². The number of hydrogen-bond acceptors (Lipinski definition) is 3. The fraction of sp³-hybridized carbons (Fsp3) is 0.583. The van der Waals surface area contributed by atoms with Gasteiger partial charge in [-0.3, -0.25) is 0 Å². The van der Waals surface area contributed by atoms with Crippen molar-refractivity contribution < 1.29 is 9.13 Å². The van der Waals surface area contributed by atoms with Gasteiger partial charge < -0.3 is 10.1 Å². The van der Waals surface area contributed by atoms with Crippen molar-refractivity contribution in [2.24, 2.45) is 0 Å². The first-order chi connectivity index (χ1) is 7.63. The number of halogens is 1. The van der Waals surface area contributed by atoms with E-state index in [1.165, 1.54) is 12.3 Å². The Kier molecular flexibility index (Phi) is 5.19. The van der Waals surface area contributed by atoms with Crippen LogP contribution < -0.4 is 10.1 Å². The van der Waals surface area contributed by atoms with E-state index in [9.17, 15) is 4.39 Å². The van der Waals surface area contributed by atoms with E-state index in [0.717, 1.165) is 18.5 Å². The SMILES string of the molecule is CCCNCc1cc(F)cnc1OC(C)C. The number of aromatic nitrogens is 1. The van der Waals surface area contributed by atoms with E-state index in [4.69, 9.17) is 4.74 Å². The molecule has 0 aliphatic rings. The summed E-state index contributed by atoms with van der Waals surface area (Å²) < 4.78 is 18.6. The van der Waals surface area contributed by atoms with Gasteiger partial charge in [-0.2, -0.15) is 0 Å². The molecule has 0 saturated carbocycles. The summed E-state index contributed by atoms with van der Waals surface area (Å²) in [7, 11) is 0. The lowest BCUT2D eigenvalue weighted by Gasteiger charge is -2.13. The van der Waals surface area contributed by atoms with Gasteiger partial charge in [-0.15, -0.1) is 0 Å². The number of nitrogens with one attached hydrogen (secondary N) is 1. The molecule has 90 valence electrons. The van der Waals surface area contributed by atoms with Crippen molar-refractivity contribution in [1.29, 1.82) is 0 Å². The molecule has 0 saturated heterocycles. The van der Waals surface area contributed by atoms with Crippen LogP contribution in [0, 0.1) is 5.82 Å². The third kappa shape index (κ3) is 4.14. The Bertz CT molecular complexity index is 329. The zero-order valence-electron chi connectivity index (χ0n) is 10.1. The second kappa shape index (κ2) is 6.43. The lowest BCUT2D eigenvalue weighted by Crippen LogP contribution is -2.17. The Morgan fingerprint density at radius 3 is 2.88 bits per heavy atom. The molecule has 16 heavy (non-hydrogen) atoms. The predicted molar refractivity (Wildman–Crippen MR) is 62.0 cm³/mol. The zero-order valence-corrected chi connectivity index (χ0v) is 10.1. The van der Waals surface area contributed by atoms with Gasteiger partial charge in [0.25, 0.3) is 0 Å². The number of rotatable bonds is 6. The van der Waals surface area contributed by atoms with Gasteiger partial charge in [-0.25, -0.2) is 9.37 Å². The van der Waals surface area contributed by atoms with Crippen LogP contribution in [0.3, 0.4) is 0 Å². The summed E-state index contributed by atoms with van der Waals surface area (Å²) in [6.07, 6.45) is 2.27. The molecule has 1 aromatic rings. The molecule has 0 fully saturated rings. The fourth-order valence-electron chi connectivity index (χ4n) is 1.32. The van der Waals surface area contributed by atoms with E-state index in [1.54, 1.807) is 0 Å². The molecular weight excluding hydrogens is 207 g/mol. The monoisotopic (exact) mass is 226 g/mol. The molecule has 0 aliphatic heterocycles. The average molecular weight is 226 g/mol. The maximum Gasteiger partial charge on any atom is 0.218 e. The largest absolute Gasteiger partial charge is 0.475 e. The molecule has 4 heteroatoms. The van der Waals surface area contributed by atoms with E-state index in [-0.39, 0.29) is 11.9 Å². The lowest BCUT2D eigenvalue weighted by atomic mass is 10.2. The number of hydrogen-bond donors (Lipinski definition) is 1. The van der Waals surface area contributed by atoms with Crippen LogP contribution in [-0.2, 0) is 6.54 Å². The van der Waals surface area contributed by atoms with Crippen molar-refractivity contribution >= 4 is 0 Å². The first kappa shape index (κ1) is 12.9. The topological polar surface area (TPSA) is 34.2 Å². The van der Waals surface area contributed by atoms with E-state index in [0.29, 0.717) is 12.4 Å². The first-order valence-corrected chi connectivity index (χ1v) is 5.65. The normalized spacial score (nSPS) is 10.8. The smallest absolute Gasteiger partial charge is 0.218 e. The third-order valence-electron chi connectivity index (χ3n) is 1.98. The molecule has 0 bridgehead atoms. The summed E-state index contributed by atoms with van der Waals surface area (Å²) in [5.41, 5.74) is 0.766. The van der Waals surface area contributed by atoms with Gasteiger partial charge in [0.2, 0.25) is 5.88 Å². The fourth-order valence-corrected chi connectivity index (χ4v) is 1.32. The second-order valence-corrected chi connectivity index (χ2v) is 3.96. The predicted octanol–water partition coefficient (Wildman–Crippen LogP) is 2.51.